The molecule has 11 heavy (non-hydrogen) atoms. The molecule has 2 nitrogen and oxygen atoms in total. The van der Waals surface area contributed by atoms with E-state index in [1.807, 2.05) is 13.8 Å². The minimum atomic E-state index is 0.597. The SMILES string of the molecule is CC.CCC1CCCO1.CO. The van der Waals surface area contributed by atoms with Gasteiger partial charge in [0.1, 0.15) is 0 Å². The topological polar surface area (TPSA) is 29.5 Å². The first kappa shape index (κ1) is 13.5. The Bertz CT molecular complexity index is 49.5. The Morgan fingerprint density at radius 2 is 1.91 bits per heavy atom. The van der Waals surface area contributed by atoms with Crippen LogP contribution in [-0.4, -0.2) is 24.9 Å². The zero-order valence-corrected chi connectivity index (χ0v) is 8.26. The maximum Gasteiger partial charge on any atom is 0.0573 e. The van der Waals surface area contributed by atoms with Crippen molar-refractivity contribution in [1.29, 1.82) is 0 Å². The summed E-state index contributed by atoms with van der Waals surface area (Å²) in [7, 11) is 1.00. The summed E-state index contributed by atoms with van der Waals surface area (Å²) in [5, 5.41) is 7.00. The number of rotatable bonds is 1. The lowest BCUT2D eigenvalue weighted by Gasteiger charge is -2.01. The predicted octanol–water partition coefficient (Wildman–Crippen LogP) is 2.21. The number of hydrogen-bond donors (Lipinski definition) is 1. The normalized spacial score (nSPS) is 21.0. The van der Waals surface area contributed by atoms with Gasteiger partial charge in [-0.15, -0.1) is 0 Å². The van der Waals surface area contributed by atoms with Gasteiger partial charge in [-0.1, -0.05) is 20.8 Å². The highest BCUT2D eigenvalue weighted by Gasteiger charge is 2.11. The van der Waals surface area contributed by atoms with Crippen molar-refractivity contribution in [3.05, 3.63) is 0 Å². The van der Waals surface area contributed by atoms with Gasteiger partial charge in [-0.2, -0.15) is 0 Å². The smallest absolute Gasteiger partial charge is 0.0573 e. The molecule has 0 aliphatic carbocycles. The zero-order chi connectivity index (χ0) is 9.11. The molecular weight excluding hydrogens is 140 g/mol. The molecular formula is C9H22O2. The summed E-state index contributed by atoms with van der Waals surface area (Å²) in [6.07, 6.45) is 4.36. The fourth-order valence-electron chi connectivity index (χ4n) is 0.966. The van der Waals surface area contributed by atoms with E-state index in [0.29, 0.717) is 6.10 Å². The lowest BCUT2D eigenvalue weighted by molar-refractivity contribution is 0.108. The molecule has 0 aromatic heterocycles. The molecule has 1 heterocycles. The van der Waals surface area contributed by atoms with Crippen molar-refractivity contribution in [3.63, 3.8) is 0 Å². The fourth-order valence-corrected chi connectivity index (χ4v) is 0.966. The second-order valence-electron chi connectivity index (χ2n) is 2.04. The summed E-state index contributed by atoms with van der Waals surface area (Å²) in [5.74, 6) is 0. The molecule has 1 aliphatic rings. The first-order valence-electron chi connectivity index (χ1n) is 4.50. The van der Waals surface area contributed by atoms with Gasteiger partial charge in [-0.05, 0) is 19.3 Å². The molecule has 2 heteroatoms. The van der Waals surface area contributed by atoms with Crippen LogP contribution < -0.4 is 0 Å². The van der Waals surface area contributed by atoms with Crippen molar-refractivity contribution in [3.8, 4) is 0 Å². The first-order valence-corrected chi connectivity index (χ1v) is 4.50. The van der Waals surface area contributed by atoms with E-state index in [1.165, 1.54) is 19.3 Å². The van der Waals surface area contributed by atoms with Gasteiger partial charge < -0.3 is 9.84 Å². The lowest BCUT2D eigenvalue weighted by Crippen LogP contribution is -2.00. The molecule has 0 amide bonds. The molecule has 1 saturated heterocycles. The van der Waals surface area contributed by atoms with Crippen molar-refractivity contribution >= 4 is 0 Å². The summed E-state index contributed by atoms with van der Waals surface area (Å²) < 4.78 is 5.30. The monoisotopic (exact) mass is 162 g/mol. The Hall–Kier alpha value is -0.0800. The van der Waals surface area contributed by atoms with Crippen molar-refractivity contribution in [2.45, 2.75) is 46.1 Å². The number of aliphatic hydroxyl groups is 1. The summed E-state index contributed by atoms with van der Waals surface area (Å²) >= 11 is 0. The van der Waals surface area contributed by atoms with Gasteiger partial charge in [0.05, 0.1) is 6.10 Å². The standard InChI is InChI=1S/C6H12O.C2H6.CH4O/c1-2-6-4-3-5-7-6;2*1-2/h6H,2-5H2,1H3;1-2H3;2H,1H3. The maximum absolute atomic E-state index is 7.00. The first-order chi connectivity index (χ1) is 5.43. The van der Waals surface area contributed by atoms with Gasteiger partial charge in [-0.3, -0.25) is 0 Å². The molecule has 1 unspecified atom stereocenters. The van der Waals surface area contributed by atoms with E-state index in [1.54, 1.807) is 0 Å². The van der Waals surface area contributed by atoms with Crippen LogP contribution in [0, 0.1) is 0 Å². The van der Waals surface area contributed by atoms with Gasteiger partial charge in [0.25, 0.3) is 0 Å². The molecule has 1 aliphatic heterocycles. The molecule has 1 rings (SSSR count). The number of aliphatic hydroxyl groups excluding tert-OH is 1. The molecule has 70 valence electrons. The van der Waals surface area contributed by atoms with Crippen LogP contribution in [0.15, 0.2) is 0 Å². The van der Waals surface area contributed by atoms with Crippen molar-refractivity contribution in [1.82, 2.24) is 0 Å². The minimum absolute atomic E-state index is 0.597. The molecule has 1 fully saturated rings. The molecule has 0 bridgehead atoms. The van der Waals surface area contributed by atoms with Crippen LogP contribution in [0.5, 0.6) is 0 Å². The van der Waals surface area contributed by atoms with E-state index in [-0.39, 0.29) is 0 Å². The Morgan fingerprint density at radius 3 is 2.09 bits per heavy atom. The maximum atomic E-state index is 7.00. The van der Waals surface area contributed by atoms with E-state index in [2.05, 4.69) is 6.92 Å². The van der Waals surface area contributed by atoms with Crippen LogP contribution in [-0.2, 0) is 4.74 Å². The third-order valence-corrected chi connectivity index (χ3v) is 1.48. The molecule has 0 aromatic carbocycles. The summed E-state index contributed by atoms with van der Waals surface area (Å²) in [6.45, 7) is 7.18. The Labute approximate surface area is 70.6 Å². The molecule has 0 saturated carbocycles. The Kier molecular flexibility index (Phi) is 15.4. The van der Waals surface area contributed by atoms with Gasteiger partial charge in [-0.25, -0.2) is 0 Å². The summed E-state index contributed by atoms with van der Waals surface area (Å²) in [6, 6.07) is 0. The average molecular weight is 162 g/mol. The second kappa shape index (κ2) is 12.6. The van der Waals surface area contributed by atoms with Crippen LogP contribution in [0.1, 0.15) is 40.0 Å². The highest BCUT2D eigenvalue weighted by Crippen LogP contribution is 2.13. The van der Waals surface area contributed by atoms with E-state index < -0.39 is 0 Å². The van der Waals surface area contributed by atoms with Gasteiger partial charge >= 0.3 is 0 Å². The quantitative estimate of drug-likeness (QED) is 0.640. The minimum Gasteiger partial charge on any atom is -0.400 e. The van der Waals surface area contributed by atoms with Crippen molar-refractivity contribution in [2.24, 2.45) is 0 Å². The Morgan fingerprint density at radius 1 is 1.36 bits per heavy atom. The van der Waals surface area contributed by atoms with Gasteiger partial charge in [0, 0.05) is 13.7 Å². The molecule has 0 spiro atoms. The third-order valence-electron chi connectivity index (χ3n) is 1.48. The van der Waals surface area contributed by atoms with Gasteiger partial charge in [0.15, 0.2) is 0 Å². The van der Waals surface area contributed by atoms with E-state index in [4.69, 9.17) is 9.84 Å². The molecule has 1 N–H and O–H groups in total. The lowest BCUT2D eigenvalue weighted by atomic mass is 10.2. The second-order valence-corrected chi connectivity index (χ2v) is 2.04. The Balaban J connectivity index is 0. The van der Waals surface area contributed by atoms with E-state index >= 15 is 0 Å². The third kappa shape index (κ3) is 7.82. The summed E-state index contributed by atoms with van der Waals surface area (Å²) in [4.78, 5) is 0. The van der Waals surface area contributed by atoms with Crippen molar-refractivity contribution in [2.75, 3.05) is 13.7 Å². The zero-order valence-electron chi connectivity index (χ0n) is 8.26. The molecule has 1 atom stereocenters. The van der Waals surface area contributed by atoms with Crippen LogP contribution >= 0.6 is 0 Å². The largest absolute Gasteiger partial charge is 0.400 e. The van der Waals surface area contributed by atoms with E-state index in [0.717, 1.165) is 13.7 Å². The van der Waals surface area contributed by atoms with Crippen molar-refractivity contribution < 1.29 is 9.84 Å². The average Bonchev–Trinajstić information content (AvgIpc) is 2.63. The van der Waals surface area contributed by atoms with Gasteiger partial charge in [0.2, 0.25) is 0 Å². The van der Waals surface area contributed by atoms with Crippen LogP contribution in [0.4, 0.5) is 0 Å². The van der Waals surface area contributed by atoms with Crippen LogP contribution in [0.25, 0.3) is 0 Å². The highest BCUT2D eigenvalue weighted by atomic mass is 16.5. The summed E-state index contributed by atoms with van der Waals surface area (Å²) in [5.41, 5.74) is 0. The number of ether oxygens (including phenoxy) is 1. The molecule has 0 radical (unpaired) electrons. The van der Waals surface area contributed by atoms with Crippen LogP contribution in [0.2, 0.25) is 0 Å². The fraction of sp³-hybridized carbons (Fsp3) is 1.00. The van der Waals surface area contributed by atoms with Crippen LogP contribution in [0.3, 0.4) is 0 Å². The highest BCUT2D eigenvalue weighted by molar-refractivity contribution is 4.60. The van der Waals surface area contributed by atoms with E-state index in [9.17, 15) is 0 Å². The predicted molar refractivity (Wildman–Crippen MR) is 48.8 cm³/mol. The molecule has 0 aromatic rings. The number of hydrogen-bond acceptors (Lipinski definition) is 2.